The number of carbonyl (C=O) groups excluding carboxylic acids is 1. The first kappa shape index (κ1) is 16.8. The van der Waals surface area contributed by atoms with Gasteiger partial charge in [-0.05, 0) is 52.6 Å². The van der Waals surface area contributed by atoms with Crippen molar-refractivity contribution in [1.29, 1.82) is 0 Å². The van der Waals surface area contributed by atoms with E-state index in [0.717, 1.165) is 39.9 Å². The Labute approximate surface area is 147 Å². The summed E-state index contributed by atoms with van der Waals surface area (Å²) in [4.78, 5) is 17.2. The van der Waals surface area contributed by atoms with Gasteiger partial charge in [-0.15, -0.1) is 0 Å². The van der Waals surface area contributed by atoms with E-state index in [1.807, 2.05) is 50.4 Å². The summed E-state index contributed by atoms with van der Waals surface area (Å²) < 4.78 is 5.87. The number of nitrogens with zero attached hydrogens (tertiary/aromatic N) is 2. The number of carbonyl (C=O) groups is 1. The lowest BCUT2D eigenvalue weighted by Crippen LogP contribution is -2.13. The Bertz CT molecular complexity index is 854. The van der Waals surface area contributed by atoms with Crippen LogP contribution < -0.4 is 15.0 Å². The number of ether oxygens (including phenoxy) is 1. The normalized spacial score (nSPS) is 13.0. The zero-order valence-electron chi connectivity index (χ0n) is 14.6. The maximum absolute atomic E-state index is 10.6. The van der Waals surface area contributed by atoms with E-state index in [2.05, 4.69) is 22.4 Å². The lowest BCUT2D eigenvalue weighted by molar-refractivity contribution is -0.104. The van der Waals surface area contributed by atoms with Gasteiger partial charge in [-0.3, -0.25) is 4.79 Å². The fourth-order valence-electron chi connectivity index (χ4n) is 2.82. The lowest BCUT2D eigenvalue weighted by Gasteiger charge is -2.22. The SMILES string of the molecule is CNC=C(/C=C\C=O)c1ccc2c(c1)COc1nc(N(C)C)ccc1-2. The van der Waals surface area contributed by atoms with Crippen LogP contribution in [0.4, 0.5) is 5.82 Å². The lowest BCUT2D eigenvalue weighted by atomic mass is 9.94. The third-order valence-electron chi connectivity index (χ3n) is 4.05. The number of nitrogens with one attached hydrogen (secondary N) is 1. The Hall–Kier alpha value is -3.08. The molecule has 3 rings (SSSR count). The Morgan fingerprint density at radius 2 is 2.04 bits per heavy atom. The average molecular weight is 335 g/mol. The number of anilines is 1. The maximum atomic E-state index is 10.6. The Morgan fingerprint density at radius 1 is 1.24 bits per heavy atom. The number of hydrogen-bond acceptors (Lipinski definition) is 5. The van der Waals surface area contributed by atoms with Crippen LogP contribution in [-0.4, -0.2) is 32.4 Å². The molecular weight excluding hydrogens is 314 g/mol. The standard InChI is InChI=1S/C20H21N3O2/c1-21-12-15(5-4-10-24)14-6-7-17-16(11-14)13-25-20-18(17)8-9-19(22-20)23(2)3/h4-12,21H,13H2,1-3H3/b5-4-,15-12?. The van der Waals surface area contributed by atoms with Crippen molar-refractivity contribution in [3.05, 3.63) is 59.8 Å². The van der Waals surface area contributed by atoms with Gasteiger partial charge in [0.1, 0.15) is 18.7 Å². The van der Waals surface area contributed by atoms with Crippen LogP contribution in [0.3, 0.4) is 0 Å². The molecule has 1 aromatic heterocycles. The fourth-order valence-corrected chi connectivity index (χ4v) is 2.82. The van der Waals surface area contributed by atoms with E-state index in [1.165, 1.54) is 6.08 Å². The van der Waals surface area contributed by atoms with Crippen molar-refractivity contribution in [2.75, 3.05) is 26.0 Å². The van der Waals surface area contributed by atoms with Gasteiger partial charge in [-0.2, -0.15) is 4.98 Å². The second-order valence-corrected chi connectivity index (χ2v) is 5.96. The summed E-state index contributed by atoms with van der Waals surface area (Å²) >= 11 is 0. The van der Waals surface area contributed by atoms with Crippen molar-refractivity contribution in [3.8, 4) is 17.0 Å². The predicted octanol–water partition coefficient (Wildman–Crippen LogP) is 3.02. The second-order valence-electron chi connectivity index (χ2n) is 5.96. The van der Waals surface area contributed by atoms with E-state index in [4.69, 9.17) is 4.74 Å². The molecule has 0 fully saturated rings. The average Bonchev–Trinajstić information content (AvgIpc) is 2.64. The molecule has 0 spiro atoms. The van der Waals surface area contributed by atoms with E-state index in [-0.39, 0.29) is 0 Å². The first-order valence-electron chi connectivity index (χ1n) is 8.08. The molecule has 0 unspecified atom stereocenters. The fraction of sp³-hybridized carbons (Fsp3) is 0.200. The molecule has 0 atom stereocenters. The van der Waals surface area contributed by atoms with Gasteiger partial charge in [0, 0.05) is 32.9 Å². The van der Waals surface area contributed by atoms with Crippen LogP contribution in [0.5, 0.6) is 5.88 Å². The van der Waals surface area contributed by atoms with Gasteiger partial charge in [-0.25, -0.2) is 0 Å². The number of pyridine rings is 1. The number of benzene rings is 1. The minimum Gasteiger partial charge on any atom is -0.472 e. The van der Waals surface area contributed by atoms with Crippen LogP contribution in [0.1, 0.15) is 11.1 Å². The van der Waals surface area contributed by atoms with E-state index < -0.39 is 0 Å². The summed E-state index contributed by atoms with van der Waals surface area (Å²) in [6.45, 7) is 0.476. The Balaban J connectivity index is 2.01. The summed E-state index contributed by atoms with van der Waals surface area (Å²) in [5.41, 5.74) is 5.19. The number of allylic oxidation sites excluding steroid dienone is 3. The topological polar surface area (TPSA) is 54.5 Å². The third-order valence-corrected chi connectivity index (χ3v) is 4.05. The number of fused-ring (bicyclic) bond motifs is 3. The molecule has 1 aliphatic rings. The number of aromatic nitrogens is 1. The minimum atomic E-state index is 0.476. The van der Waals surface area contributed by atoms with Gasteiger partial charge < -0.3 is 15.0 Å². The summed E-state index contributed by atoms with van der Waals surface area (Å²) in [5, 5.41) is 3.01. The van der Waals surface area contributed by atoms with Crippen LogP contribution in [0.25, 0.3) is 16.7 Å². The molecule has 1 aromatic carbocycles. The Kier molecular flexibility index (Phi) is 4.84. The minimum absolute atomic E-state index is 0.476. The molecule has 128 valence electrons. The largest absolute Gasteiger partial charge is 0.472 e. The van der Waals surface area contributed by atoms with Gasteiger partial charge in [0.15, 0.2) is 0 Å². The van der Waals surface area contributed by atoms with Crippen molar-refractivity contribution in [2.24, 2.45) is 0 Å². The zero-order chi connectivity index (χ0) is 17.8. The smallest absolute Gasteiger partial charge is 0.223 e. The molecule has 2 aromatic rings. The van der Waals surface area contributed by atoms with Crippen molar-refractivity contribution in [2.45, 2.75) is 6.61 Å². The highest BCUT2D eigenvalue weighted by Crippen LogP contribution is 2.38. The number of hydrogen-bond donors (Lipinski definition) is 1. The van der Waals surface area contributed by atoms with Gasteiger partial charge in [-0.1, -0.05) is 12.1 Å². The van der Waals surface area contributed by atoms with Crippen LogP contribution in [-0.2, 0) is 11.4 Å². The highest BCUT2D eigenvalue weighted by Gasteiger charge is 2.20. The predicted molar refractivity (Wildman–Crippen MR) is 101 cm³/mol. The van der Waals surface area contributed by atoms with Crippen molar-refractivity contribution >= 4 is 17.7 Å². The zero-order valence-corrected chi connectivity index (χ0v) is 14.6. The molecule has 1 N–H and O–H groups in total. The van der Waals surface area contributed by atoms with Crippen molar-refractivity contribution < 1.29 is 9.53 Å². The Morgan fingerprint density at radius 3 is 2.76 bits per heavy atom. The summed E-state index contributed by atoms with van der Waals surface area (Å²) in [6, 6.07) is 10.3. The van der Waals surface area contributed by atoms with Crippen LogP contribution >= 0.6 is 0 Å². The van der Waals surface area contributed by atoms with Crippen LogP contribution in [0, 0.1) is 0 Å². The van der Waals surface area contributed by atoms with Gasteiger partial charge in [0.2, 0.25) is 5.88 Å². The van der Waals surface area contributed by atoms with Gasteiger partial charge >= 0.3 is 0 Å². The maximum Gasteiger partial charge on any atom is 0.223 e. The van der Waals surface area contributed by atoms with Crippen LogP contribution in [0.15, 0.2) is 48.7 Å². The molecule has 0 saturated carbocycles. The van der Waals surface area contributed by atoms with E-state index in [0.29, 0.717) is 12.5 Å². The molecular formula is C20H21N3O2. The number of aldehydes is 1. The first-order chi connectivity index (χ1) is 12.1. The molecule has 5 nitrogen and oxygen atoms in total. The molecule has 1 aliphatic heterocycles. The van der Waals surface area contributed by atoms with Crippen molar-refractivity contribution in [1.82, 2.24) is 10.3 Å². The van der Waals surface area contributed by atoms with Crippen molar-refractivity contribution in [3.63, 3.8) is 0 Å². The highest BCUT2D eigenvalue weighted by atomic mass is 16.5. The summed E-state index contributed by atoms with van der Waals surface area (Å²) in [6.07, 6.45) is 5.91. The van der Waals surface area contributed by atoms with E-state index >= 15 is 0 Å². The molecule has 0 radical (unpaired) electrons. The summed E-state index contributed by atoms with van der Waals surface area (Å²) in [7, 11) is 5.75. The van der Waals surface area contributed by atoms with E-state index in [1.54, 1.807) is 6.08 Å². The number of rotatable bonds is 5. The molecule has 25 heavy (non-hydrogen) atoms. The molecule has 0 aliphatic carbocycles. The molecule has 5 heteroatoms. The highest BCUT2D eigenvalue weighted by molar-refractivity contribution is 5.82. The summed E-state index contributed by atoms with van der Waals surface area (Å²) in [5.74, 6) is 1.54. The molecule has 2 heterocycles. The van der Waals surface area contributed by atoms with Crippen LogP contribution in [0.2, 0.25) is 0 Å². The third kappa shape index (κ3) is 3.40. The van der Waals surface area contributed by atoms with Gasteiger partial charge in [0.25, 0.3) is 0 Å². The van der Waals surface area contributed by atoms with Gasteiger partial charge in [0.05, 0.1) is 0 Å². The first-order valence-corrected chi connectivity index (χ1v) is 8.08. The molecule has 0 amide bonds. The monoisotopic (exact) mass is 335 g/mol. The molecule has 0 bridgehead atoms. The second kappa shape index (κ2) is 7.21. The quantitative estimate of drug-likeness (QED) is 0.517. The van der Waals surface area contributed by atoms with E-state index in [9.17, 15) is 4.79 Å². The molecule has 0 saturated heterocycles.